The van der Waals surface area contributed by atoms with Gasteiger partial charge in [0.1, 0.15) is 0 Å². The number of hydrazone groups is 1. The normalized spacial score (nSPS) is 12.9. The van der Waals surface area contributed by atoms with Crippen LogP contribution in [0, 0.1) is 5.92 Å². The largest absolute Gasteiger partial charge is 0.350 e. The number of nitrogens with one attached hydrogen (secondary N) is 1. The van der Waals surface area contributed by atoms with E-state index >= 15 is 0 Å². The van der Waals surface area contributed by atoms with Gasteiger partial charge in [0.15, 0.2) is 0 Å². The van der Waals surface area contributed by atoms with Crippen LogP contribution in [0.4, 0.5) is 4.79 Å². The lowest BCUT2D eigenvalue weighted by Crippen LogP contribution is -2.24. The van der Waals surface area contributed by atoms with Gasteiger partial charge in [-0.1, -0.05) is 45.0 Å². The maximum atomic E-state index is 10.4. The average Bonchev–Trinajstić information content (AvgIpc) is 2.29. The van der Waals surface area contributed by atoms with Crippen molar-refractivity contribution in [2.75, 3.05) is 0 Å². The molecule has 1 atom stereocenters. The molecule has 1 rings (SSSR count). The van der Waals surface area contributed by atoms with Crippen LogP contribution in [0.25, 0.3) is 0 Å². The Kier molecular flexibility index (Phi) is 5.36. The molecule has 1 aromatic carbocycles. The molecule has 0 heterocycles. The van der Waals surface area contributed by atoms with Crippen molar-refractivity contribution in [2.45, 2.75) is 33.1 Å². The summed E-state index contributed by atoms with van der Waals surface area (Å²) in [6, 6.07) is 7.96. The van der Waals surface area contributed by atoms with Crippen molar-refractivity contribution in [1.29, 1.82) is 0 Å². The highest BCUT2D eigenvalue weighted by molar-refractivity contribution is 5.73. The van der Waals surface area contributed by atoms with E-state index in [0.29, 0.717) is 5.92 Å². The Bertz CT molecular complexity index is 410. The highest BCUT2D eigenvalue weighted by atomic mass is 16.2. The topological polar surface area (TPSA) is 67.5 Å². The minimum absolute atomic E-state index is 0.252. The van der Waals surface area contributed by atoms with E-state index < -0.39 is 6.03 Å². The van der Waals surface area contributed by atoms with E-state index in [1.165, 1.54) is 11.1 Å². The van der Waals surface area contributed by atoms with Crippen molar-refractivity contribution in [3.63, 3.8) is 0 Å². The minimum atomic E-state index is -0.639. The van der Waals surface area contributed by atoms with Crippen molar-refractivity contribution in [2.24, 2.45) is 16.8 Å². The van der Waals surface area contributed by atoms with Crippen LogP contribution >= 0.6 is 0 Å². The molecular formula is C14H21N3O. The highest BCUT2D eigenvalue weighted by Gasteiger charge is 2.03. The van der Waals surface area contributed by atoms with Crippen molar-refractivity contribution < 1.29 is 4.79 Å². The van der Waals surface area contributed by atoms with Gasteiger partial charge in [-0.25, -0.2) is 10.2 Å². The van der Waals surface area contributed by atoms with Crippen LogP contribution < -0.4 is 11.2 Å². The second-order valence-electron chi connectivity index (χ2n) is 4.83. The number of hydrogen-bond acceptors (Lipinski definition) is 2. The quantitative estimate of drug-likeness (QED) is 0.609. The first-order valence-electron chi connectivity index (χ1n) is 6.16. The van der Waals surface area contributed by atoms with Crippen LogP contribution in [0.3, 0.4) is 0 Å². The van der Waals surface area contributed by atoms with Crippen molar-refractivity contribution >= 4 is 12.2 Å². The second kappa shape index (κ2) is 6.79. The molecule has 0 aliphatic heterocycles. The zero-order chi connectivity index (χ0) is 13.5. The Balaban J connectivity index is 2.51. The lowest BCUT2D eigenvalue weighted by Gasteiger charge is -2.09. The Morgan fingerprint density at radius 1 is 1.33 bits per heavy atom. The van der Waals surface area contributed by atoms with E-state index in [1.54, 1.807) is 6.21 Å². The molecule has 3 N–H and O–H groups in total. The Labute approximate surface area is 108 Å². The minimum Gasteiger partial charge on any atom is -0.350 e. The van der Waals surface area contributed by atoms with Gasteiger partial charge in [0, 0.05) is 6.21 Å². The number of hydrogen-bond donors (Lipinski definition) is 2. The molecule has 4 heteroatoms. The van der Waals surface area contributed by atoms with Crippen molar-refractivity contribution in [3.05, 3.63) is 35.4 Å². The van der Waals surface area contributed by atoms with E-state index in [4.69, 9.17) is 5.73 Å². The molecule has 0 saturated carbocycles. The van der Waals surface area contributed by atoms with Crippen LogP contribution in [0.1, 0.15) is 37.8 Å². The first kappa shape index (κ1) is 14.2. The van der Waals surface area contributed by atoms with E-state index in [0.717, 1.165) is 6.42 Å². The van der Waals surface area contributed by atoms with E-state index in [1.807, 2.05) is 6.92 Å². The number of carbonyl (C=O) groups excluding carboxylic acids is 1. The maximum Gasteiger partial charge on any atom is 0.332 e. The number of nitrogens with two attached hydrogens (primary N) is 1. The number of benzene rings is 1. The zero-order valence-electron chi connectivity index (χ0n) is 11.2. The molecule has 0 spiro atoms. The lowest BCUT2D eigenvalue weighted by atomic mass is 9.97. The van der Waals surface area contributed by atoms with Gasteiger partial charge in [0.2, 0.25) is 0 Å². The Morgan fingerprint density at radius 2 is 1.94 bits per heavy atom. The third-order valence-corrected chi connectivity index (χ3v) is 2.71. The molecule has 1 unspecified atom stereocenters. The zero-order valence-corrected chi connectivity index (χ0v) is 11.2. The summed E-state index contributed by atoms with van der Waals surface area (Å²) in [5, 5.41) is 3.76. The molecule has 0 saturated heterocycles. The molecule has 0 aliphatic rings. The number of nitrogens with zero attached hydrogens (tertiary/aromatic N) is 1. The Morgan fingerprint density at radius 3 is 2.44 bits per heavy atom. The molecular weight excluding hydrogens is 226 g/mol. The van der Waals surface area contributed by atoms with Gasteiger partial charge in [-0.05, 0) is 29.4 Å². The number of rotatable bonds is 5. The molecule has 0 radical (unpaired) electrons. The molecule has 4 nitrogen and oxygen atoms in total. The molecule has 0 fully saturated rings. The van der Waals surface area contributed by atoms with Crippen LogP contribution in [-0.2, 0) is 6.42 Å². The standard InChI is InChI=1S/C14H21N3O/c1-10(2)13-6-4-12(5-7-13)8-11(3)9-16-17-14(15)18/h4-7,9-11H,8H2,1-3H3,(H3,15,17,18). The predicted molar refractivity (Wildman–Crippen MR) is 74.6 cm³/mol. The third kappa shape index (κ3) is 4.99. The van der Waals surface area contributed by atoms with Gasteiger partial charge >= 0.3 is 6.03 Å². The first-order valence-corrected chi connectivity index (χ1v) is 6.16. The van der Waals surface area contributed by atoms with Gasteiger partial charge in [-0.15, -0.1) is 0 Å². The summed E-state index contributed by atoms with van der Waals surface area (Å²) in [6.45, 7) is 6.40. The summed E-state index contributed by atoms with van der Waals surface area (Å²) in [5.41, 5.74) is 9.71. The maximum absolute atomic E-state index is 10.4. The first-order chi connectivity index (χ1) is 8.49. The van der Waals surface area contributed by atoms with Crippen molar-refractivity contribution in [3.8, 4) is 0 Å². The summed E-state index contributed by atoms with van der Waals surface area (Å²) >= 11 is 0. The summed E-state index contributed by atoms with van der Waals surface area (Å²) < 4.78 is 0. The molecule has 18 heavy (non-hydrogen) atoms. The van der Waals surface area contributed by atoms with Crippen LogP contribution in [0.5, 0.6) is 0 Å². The fraction of sp³-hybridized carbons (Fsp3) is 0.429. The Hall–Kier alpha value is -1.84. The van der Waals surface area contributed by atoms with Gasteiger partial charge in [0.25, 0.3) is 0 Å². The molecule has 0 aliphatic carbocycles. The third-order valence-electron chi connectivity index (χ3n) is 2.71. The van der Waals surface area contributed by atoms with Gasteiger partial charge < -0.3 is 5.73 Å². The van der Waals surface area contributed by atoms with Gasteiger partial charge in [-0.3, -0.25) is 0 Å². The highest BCUT2D eigenvalue weighted by Crippen LogP contribution is 2.16. The van der Waals surface area contributed by atoms with Crippen LogP contribution in [0.15, 0.2) is 29.4 Å². The lowest BCUT2D eigenvalue weighted by molar-refractivity contribution is 0.249. The van der Waals surface area contributed by atoms with Gasteiger partial charge in [-0.2, -0.15) is 5.10 Å². The number of urea groups is 1. The summed E-state index contributed by atoms with van der Waals surface area (Å²) in [7, 11) is 0. The van der Waals surface area contributed by atoms with Gasteiger partial charge in [0.05, 0.1) is 0 Å². The van der Waals surface area contributed by atoms with Crippen LogP contribution in [0.2, 0.25) is 0 Å². The predicted octanol–water partition coefficient (Wildman–Crippen LogP) is 2.64. The fourth-order valence-corrected chi connectivity index (χ4v) is 1.69. The number of primary amides is 1. The SMILES string of the molecule is CC(C=NNC(N)=O)Cc1ccc(C(C)C)cc1. The number of amides is 2. The molecule has 98 valence electrons. The summed E-state index contributed by atoms with van der Waals surface area (Å²) in [6.07, 6.45) is 2.59. The average molecular weight is 247 g/mol. The molecule has 1 aromatic rings. The molecule has 2 amide bonds. The van der Waals surface area contributed by atoms with Crippen LogP contribution in [-0.4, -0.2) is 12.2 Å². The second-order valence-corrected chi connectivity index (χ2v) is 4.83. The van der Waals surface area contributed by atoms with E-state index in [2.05, 4.69) is 48.6 Å². The number of carbonyl (C=O) groups is 1. The summed E-state index contributed by atoms with van der Waals surface area (Å²) in [4.78, 5) is 10.4. The smallest absolute Gasteiger partial charge is 0.332 e. The van der Waals surface area contributed by atoms with E-state index in [-0.39, 0.29) is 5.92 Å². The van der Waals surface area contributed by atoms with E-state index in [9.17, 15) is 4.79 Å². The summed E-state index contributed by atoms with van der Waals surface area (Å²) in [5.74, 6) is 0.805. The molecule has 0 aromatic heterocycles. The fourth-order valence-electron chi connectivity index (χ4n) is 1.69. The van der Waals surface area contributed by atoms with Crippen molar-refractivity contribution in [1.82, 2.24) is 5.43 Å². The molecule has 0 bridgehead atoms. The monoisotopic (exact) mass is 247 g/mol.